The number of pyridine rings is 1. The standard InChI is InChI=1S/C29H31N7O.C2H4O2/c1-21-5-10-25(18-27(21)34-29-31-13-11-26(33-29)24-4-3-12-30-19-24)32-28(37)23-8-6-22(7-9-23)20-36-16-14-35(2)15-17-36;1-2(3)4/h3-13,18-19H,14-17,20H2,1-2H3,(H,32,37)(H,31,33,34);1H3,(H,3,4). The molecule has 0 atom stereocenters. The van der Waals surface area contributed by atoms with Gasteiger partial charge in [-0.15, -0.1) is 0 Å². The van der Waals surface area contributed by atoms with Gasteiger partial charge in [-0.3, -0.25) is 19.5 Å². The highest BCUT2D eigenvalue weighted by Crippen LogP contribution is 2.24. The second kappa shape index (κ2) is 14.1. The van der Waals surface area contributed by atoms with Gasteiger partial charge in [0.2, 0.25) is 5.95 Å². The molecule has 5 rings (SSSR count). The molecule has 1 amide bonds. The number of hydrogen-bond donors (Lipinski definition) is 3. The van der Waals surface area contributed by atoms with E-state index in [9.17, 15) is 4.79 Å². The molecule has 212 valence electrons. The summed E-state index contributed by atoms with van der Waals surface area (Å²) in [6.07, 6.45) is 5.22. The van der Waals surface area contributed by atoms with Gasteiger partial charge in [-0.25, -0.2) is 9.97 Å². The van der Waals surface area contributed by atoms with E-state index < -0.39 is 5.97 Å². The number of aromatic nitrogens is 3. The van der Waals surface area contributed by atoms with Crippen molar-refractivity contribution < 1.29 is 14.7 Å². The summed E-state index contributed by atoms with van der Waals surface area (Å²) in [6, 6.07) is 19.3. The van der Waals surface area contributed by atoms with Crippen molar-refractivity contribution in [2.75, 3.05) is 43.9 Å². The van der Waals surface area contributed by atoms with E-state index in [1.165, 1.54) is 5.56 Å². The molecule has 0 aliphatic carbocycles. The quantitative estimate of drug-likeness (QED) is 0.299. The van der Waals surface area contributed by atoms with Crippen LogP contribution in [0.2, 0.25) is 0 Å². The molecule has 0 unspecified atom stereocenters. The number of carboxylic acids is 1. The lowest BCUT2D eigenvalue weighted by Crippen LogP contribution is -2.43. The molecule has 4 aromatic rings. The van der Waals surface area contributed by atoms with Crippen LogP contribution in [-0.4, -0.2) is 75.0 Å². The van der Waals surface area contributed by atoms with Crippen molar-refractivity contribution in [2.24, 2.45) is 0 Å². The van der Waals surface area contributed by atoms with Crippen LogP contribution >= 0.6 is 0 Å². The first-order valence-electron chi connectivity index (χ1n) is 13.4. The van der Waals surface area contributed by atoms with Crippen LogP contribution in [0, 0.1) is 6.92 Å². The van der Waals surface area contributed by atoms with E-state index in [1.54, 1.807) is 18.6 Å². The molecule has 2 aromatic heterocycles. The van der Waals surface area contributed by atoms with E-state index in [2.05, 4.69) is 42.4 Å². The number of aliphatic carboxylic acids is 1. The summed E-state index contributed by atoms with van der Waals surface area (Å²) in [5.74, 6) is -0.500. The Labute approximate surface area is 240 Å². The highest BCUT2D eigenvalue weighted by molar-refractivity contribution is 6.04. The second-order valence-corrected chi connectivity index (χ2v) is 9.91. The van der Waals surface area contributed by atoms with Crippen LogP contribution in [0.5, 0.6) is 0 Å². The number of amides is 1. The fraction of sp³-hybridized carbons (Fsp3) is 0.258. The molecule has 1 aliphatic rings. The molecule has 2 aromatic carbocycles. The zero-order valence-electron chi connectivity index (χ0n) is 23.5. The summed E-state index contributed by atoms with van der Waals surface area (Å²) in [6.45, 7) is 8.32. The number of nitrogens with zero attached hydrogens (tertiary/aromatic N) is 5. The predicted octanol–water partition coefficient (Wildman–Crippen LogP) is 4.68. The fourth-order valence-corrected chi connectivity index (χ4v) is 4.28. The molecule has 3 N–H and O–H groups in total. The largest absolute Gasteiger partial charge is 0.481 e. The molecule has 3 heterocycles. The van der Waals surface area contributed by atoms with Crippen molar-refractivity contribution in [2.45, 2.75) is 20.4 Å². The maximum Gasteiger partial charge on any atom is 0.300 e. The van der Waals surface area contributed by atoms with Gasteiger partial charge in [0.1, 0.15) is 0 Å². The van der Waals surface area contributed by atoms with Crippen LogP contribution in [0.15, 0.2) is 79.3 Å². The Kier molecular flexibility index (Phi) is 10.1. The van der Waals surface area contributed by atoms with Crippen LogP contribution in [0.4, 0.5) is 17.3 Å². The first kappa shape index (κ1) is 29.3. The van der Waals surface area contributed by atoms with E-state index in [-0.39, 0.29) is 5.91 Å². The SMILES string of the molecule is CC(=O)O.Cc1ccc(NC(=O)c2ccc(CN3CCN(C)CC3)cc2)cc1Nc1nccc(-c2cccnc2)n1. The maximum absolute atomic E-state index is 12.9. The lowest BCUT2D eigenvalue weighted by molar-refractivity contribution is -0.134. The Balaban J connectivity index is 0.000000909. The monoisotopic (exact) mass is 553 g/mol. The van der Waals surface area contributed by atoms with E-state index in [4.69, 9.17) is 9.90 Å². The molecule has 41 heavy (non-hydrogen) atoms. The molecule has 10 heteroatoms. The Morgan fingerprint density at radius 2 is 1.71 bits per heavy atom. The zero-order valence-corrected chi connectivity index (χ0v) is 23.5. The molecule has 1 aliphatic heterocycles. The first-order valence-corrected chi connectivity index (χ1v) is 13.4. The number of piperazine rings is 1. The van der Waals surface area contributed by atoms with Gasteiger partial charge in [-0.1, -0.05) is 18.2 Å². The highest BCUT2D eigenvalue weighted by atomic mass is 16.4. The van der Waals surface area contributed by atoms with Gasteiger partial charge < -0.3 is 20.6 Å². The maximum atomic E-state index is 12.9. The summed E-state index contributed by atoms with van der Waals surface area (Å²) in [7, 11) is 2.16. The minimum atomic E-state index is -0.833. The van der Waals surface area contributed by atoms with E-state index in [0.717, 1.165) is 62.2 Å². The Bertz CT molecular complexity index is 1450. The van der Waals surface area contributed by atoms with Crippen LogP contribution in [0.25, 0.3) is 11.3 Å². The molecule has 1 fully saturated rings. The molecule has 0 bridgehead atoms. The summed E-state index contributed by atoms with van der Waals surface area (Å²) in [4.78, 5) is 39.9. The number of hydrogen-bond acceptors (Lipinski definition) is 8. The van der Waals surface area contributed by atoms with Gasteiger partial charge in [0, 0.05) is 80.7 Å². The number of rotatable bonds is 7. The third kappa shape index (κ3) is 8.92. The smallest absolute Gasteiger partial charge is 0.300 e. The van der Waals surface area contributed by atoms with Crippen LogP contribution in [-0.2, 0) is 11.3 Å². The van der Waals surface area contributed by atoms with Crippen molar-refractivity contribution in [1.82, 2.24) is 24.8 Å². The number of carboxylic acid groups (broad SMARTS) is 1. The van der Waals surface area contributed by atoms with E-state index in [1.807, 2.05) is 67.6 Å². The average Bonchev–Trinajstić information content (AvgIpc) is 2.97. The number of likely N-dealkylation sites (N-methyl/N-ethyl adjacent to an activating group) is 1. The van der Waals surface area contributed by atoms with Crippen molar-refractivity contribution in [1.29, 1.82) is 0 Å². The average molecular weight is 554 g/mol. The second-order valence-electron chi connectivity index (χ2n) is 9.91. The third-order valence-electron chi connectivity index (χ3n) is 6.57. The number of carbonyl (C=O) groups excluding carboxylic acids is 1. The van der Waals surface area contributed by atoms with E-state index >= 15 is 0 Å². The lowest BCUT2D eigenvalue weighted by atomic mass is 10.1. The number of nitrogens with one attached hydrogen (secondary N) is 2. The fourth-order valence-electron chi connectivity index (χ4n) is 4.28. The topological polar surface area (TPSA) is 124 Å². The molecular formula is C31H35N7O3. The number of benzene rings is 2. The van der Waals surface area contributed by atoms with Gasteiger partial charge >= 0.3 is 0 Å². The van der Waals surface area contributed by atoms with Gasteiger partial charge in [0.05, 0.1) is 5.69 Å². The van der Waals surface area contributed by atoms with E-state index in [0.29, 0.717) is 17.2 Å². The normalized spacial score (nSPS) is 13.5. The zero-order chi connectivity index (χ0) is 29.2. The predicted molar refractivity (Wildman–Crippen MR) is 160 cm³/mol. The molecule has 0 spiro atoms. The van der Waals surface area contributed by atoms with Crippen LogP contribution in [0.1, 0.15) is 28.4 Å². The number of carbonyl (C=O) groups is 2. The van der Waals surface area contributed by atoms with Crippen LogP contribution in [0.3, 0.4) is 0 Å². The summed E-state index contributed by atoms with van der Waals surface area (Å²) in [5.41, 5.74) is 6.08. The Hall–Kier alpha value is -4.67. The highest BCUT2D eigenvalue weighted by Gasteiger charge is 2.14. The number of aryl methyl sites for hydroxylation is 1. The lowest BCUT2D eigenvalue weighted by Gasteiger charge is -2.32. The van der Waals surface area contributed by atoms with Crippen molar-refractivity contribution in [3.8, 4) is 11.3 Å². The Morgan fingerprint density at radius 3 is 2.39 bits per heavy atom. The van der Waals surface area contributed by atoms with Crippen LogP contribution < -0.4 is 10.6 Å². The van der Waals surface area contributed by atoms with Gasteiger partial charge in [0.15, 0.2) is 0 Å². The molecule has 1 saturated heterocycles. The third-order valence-corrected chi connectivity index (χ3v) is 6.57. The first-order chi connectivity index (χ1) is 19.8. The van der Waals surface area contributed by atoms with Crippen molar-refractivity contribution >= 4 is 29.2 Å². The van der Waals surface area contributed by atoms with Crippen molar-refractivity contribution in [3.05, 3.63) is 95.9 Å². The minimum Gasteiger partial charge on any atom is -0.481 e. The molecule has 10 nitrogen and oxygen atoms in total. The van der Waals surface area contributed by atoms with Gasteiger partial charge in [-0.05, 0) is 67.6 Å². The Morgan fingerprint density at radius 1 is 0.976 bits per heavy atom. The summed E-state index contributed by atoms with van der Waals surface area (Å²) in [5, 5.41) is 13.7. The minimum absolute atomic E-state index is 0.143. The van der Waals surface area contributed by atoms with Crippen molar-refractivity contribution in [3.63, 3.8) is 0 Å². The number of anilines is 3. The molecular weight excluding hydrogens is 518 g/mol. The molecule has 0 saturated carbocycles. The van der Waals surface area contributed by atoms with Gasteiger partial charge in [0.25, 0.3) is 11.9 Å². The summed E-state index contributed by atoms with van der Waals surface area (Å²) >= 11 is 0. The molecule has 0 radical (unpaired) electrons. The van der Waals surface area contributed by atoms with Gasteiger partial charge in [-0.2, -0.15) is 0 Å². The summed E-state index contributed by atoms with van der Waals surface area (Å²) < 4.78 is 0.